The van der Waals surface area contributed by atoms with Crippen LogP contribution < -0.4 is 5.32 Å². The Bertz CT molecular complexity index is 454. The van der Waals surface area contributed by atoms with Crippen LogP contribution >= 0.6 is 0 Å². The summed E-state index contributed by atoms with van der Waals surface area (Å²) in [6.45, 7) is 7.35. The molecule has 2 aromatic heterocycles. The Morgan fingerprint density at radius 1 is 1.17 bits per heavy atom. The standard InChI is InChI=1S/C15H21N3/c1-13-6-7-14(2)18(13)10-4-9-17-12-15-5-3-8-16-11-15/h3,5-8,11,17H,4,9-10,12H2,1-2H3. The summed E-state index contributed by atoms with van der Waals surface area (Å²) >= 11 is 0. The lowest BCUT2D eigenvalue weighted by atomic mass is 10.3. The van der Waals surface area contributed by atoms with Gasteiger partial charge in [0.05, 0.1) is 0 Å². The van der Waals surface area contributed by atoms with Crippen LogP contribution in [0.1, 0.15) is 23.4 Å². The zero-order valence-corrected chi connectivity index (χ0v) is 11.2. The van der Waals surface area contributed by atoms with E-state index in [2.05, 4.69) is 46.9 Å². The molecule has 96 valence electrons. The minimum absolute atomic E-state index is 0.900. The molecule has 0 radical (unpaired) electrons. The molecule has 0 aliphatic carbocycles. The second-order valence-electron chi connectivity index (χ2n) is 4.66. The summed E-state index contributed by atoms with van der Waals surface area (Å²) in [5.41, 5.74) is 3.94. The molecule has 0 bridgehead atoms. The van der Waals surface area contributed by atoms with E-state index in [0.29, 0.717) is 0 Å². The highest BCUT2D eigenvalue weighted by molar-refractivity contribution is 5.13. The largest absolute Gasteiger partial charge is 0.349 e. The molecule has 0 spiro atoms. The zero-order valence-electron chi connectivity index (χ0n) is 11.2. The molecule has 0 amide bonds. The first-order chi connectivity index (χ1) is 8.77. The van der Waals surface area contributed by atoms with Crippen molar-refractivity contribution in [1.82, 2.24) is 14.9 Å². The highest BCUT2D eigenvalue weighted by atomic mass is 15.0. The smallest absolute Gasteiger partial charge is 0.0312 e. The van der Waals surface area contributed by atoms with E-state index >= 15 is 0 Å². The molecular weight excluding hydrogens is 222 g/mol. The average molecular weight is 243 g/mol. The Morgan fingerprint density at radius 3 is 2.61 bits per heavy atom. The molecular formula is C15H21N3. The van der Waals surface area contributed by atoms with Crippen LogP contribution in [-0.2, 0) is 13.1 Å². The normalized spacial score (nSPS) is 10.8. The van der Waals surface area contributed by atoms with Gasteiger partial charge in [-0.3, -0.25) is 4.98 Å². The van der Waals surface area contributed by atoms with Crippen LogP contribution in [0.4, 0.5) is 0 Å². The first kappa shape index (κ1) is 12.8. The Kier molecular flexibility index (Phi) is 4.53. The minimum atomic E-state index is 0.900. The van der Waals surface area contributed by atoms with Crippen LogP contribution in [0.25, 0.3) is 0 Å². The van der Waals surface area contributed by atoms with Gasteiger partial charge in [0.2, 0.25) is 0 Å². The van der Waals surface area contributed by atoms with Crippen LogP contribution in [0.2, 0.25) is 0 Å². The molecule has 0 aliphatic heterocycles. The third-order valence-electron chi connectivity index (χ3n) is 3.20. The Balaban J connectivity index is 1.68. The SMILES string of the molecule is Cc1ccc(C)n1CCCNCc1cccnc1. The monoisotopic (exact) mass is 243 g/mol. The molecule has 0 aliphatic rings. The first-order valence-electron chi connectivity index (χ1n) is 6.50. The van der Waals surface area contributed by atoms with E-state index in [1.54, 1.807) is 6.20 Å². The molecule has 2 heterocycles. The second-order valence-corrected chi connectivity index (χ2v) is 4.66. The summed E-state index contributed by atoms with van der Waals surface area (Å²) in [6.07, 6.45) is 4.87. The molecule has 3 heteroatoms. The van der Waals surface area contributed by atoms with Crippen molar-refractivity contribution in [3.63, 3.8) is 0 Å². The highest BCUT2D eigenvalue weighted by Crippen LogP contribution is 2.07. The summed E-state index contributed by atoms with van der Waals surface area (Å²) in [6, 6.07) is 8.43. The van der Waals surface area contributed by atoms with E-state index < -0.39 is 0 Å². The van der Waals surface area contributed by atoms with Crippen LogP contribution in [-0.4, -0.2) is 16.1 Å². The van der Waals surface area contributed by atoms with Crippen molar-refractivity contribution >= 4 is 0 Å². The Labute approximate surface area is 109 Å². The van der Waals surface area contributed by atoms with E-state index in [0.717, 1.165) is 26.1 Å². The van der Waals surface area contributed by atoms with Gasteiger partial charge in [0.25, 0.3) is 0 Å². The fourth-order valence-corrected chi connectivity index (χ4v) is 2.15. The van der Waals surface area contributed by atoms with Gasteiger partial charge in [0.15, 0.2) is 0 Å². The molecule has 3 nitrogen and oxygen atoms in total. The number of hydrogen-bond donors (Lipinski definition) is 1. The number of rotatable bonds is 6. The van der Waals surface area contributed by atoms with Crippen LogP contribution in [0.5, 0.6) is 0 Å². The summed E-state index contributed by atoms with van der Waals surface area (Å²) in [4.78, 5) is 4.10. The molecule has 0 unspecified atom stereocenters. The van der Waals surface area contributed by atoms with Crippen molar-refractivity contribution in [2.24, 2.45) is 0 Å². The maximum absolute atomic E-state index is 4.10. The second kappa shape index (κ2) is 6.36. The molecule has 2 rings (SSSR count). The molecule has 18 heavy (non-hydrogen) atoms. The number of nitrogens with one attached hydrogen (secondary N) is 1. The maximum Gasteiger partial charge on any atom is 0.0312 e. The fourth-order valence-electron chi connectivity index (χ4n) is 2.15. The highest BCUT2D eigenvalue weighted by Gasteiger charge is 1.99. The summed E-state index contributed by atoms with van der Waals surface area (Å²) < 4.78 is 2.37. The number of nitrogens with zero attached hydrogens (tertiary/aromatic N) is 2. The average Bonchev–Trinajstić information content (AvgIpc) is 2.71. The van der Waals surface area contributed by atoms with Crippen LogP contribution in [0, 0.1) is 13.8 Å². The van der Waals surface area contributed by atoms with Gasteiger partial charge in [-0.2, -0.15) is 0 Å². The van der Waals surface area contributed by atoms with Crippen molar-refractivity contribution in [3.05, 3.63) is 53.6 Å². The van der Waals surface area contributed by atoms with Gasteiger partial charge in [0.1, 0.15) is 0 Å². The maximum atomic E-state index is 4.10. The molecule has 0 aromatic carbocycles. The number of aromatic nitrogens is 2. The van der Waals surface area contributed by atoms with Crippen molar-refractivity contribution in [2.45, 2.75) is 33.4 Å². The van der Waals surface area contributed by atoms with E-state index in [1.165, 1.54) is 17.0 Å². The van der Waals surface area contributed by atoms with Crippen LogP contribution in [0.3, 0.4) is 0 Å². The first-order valence-corrected chi connectivity index (χ1v) is 6.50. The topological polar surface area (TPSA) is 29.9 Å². The minimum Gasteiger partial charge on any atom is -0.349 e. The molecule has 1 N–H and O–H groups in total. The number of hydrogen-bond acceptors (Lipinski definition) is 2. The van der Waals surface area contributed by atoms with Gasteiger partial charge in [0, 0.05) is 36.9 Å². The quantitative estimate of drug-likeness (QED) is 0.791. The van der Waals surface area contributed by atoms with Crippen molar-refractivity contribution in [3.8, 4) is 0 Å². The lowest BCUT2D eigenvalue weighted by Gasteiger charge is -2.09. The summed E-state index contributed by atoms with van der Waals surface area (Å²) in [5, 5.41) is 3.45. The third kappa shape index (κ3) is 3.44. The molecule has 0 saturated heterocycles. The Hall–Kier alpha value is -1.61. The van der Waals surface area contributed by atoms with Gasteiger partial charge in [-0.05, 0) is 50.6 Å². The summed E-state index contributed by atoms with van der Waals surface area (Å²) in [5.74, 6) is 0. The van der Waals surface area contributed by atoms with Gasteiger partial charge < -0.3 is 9.88 Å². The molecule has 0 saturated carbocycles. The number of pyridine rings is 1. The predicted octanol–water partition coefficient (Wildman–Crippen LogP) is 2.68. The zero-order chi connectivity index (χ0) is 12.8. The Morgan fingerprint density at radius 2 is 1.94 bits per heavy atom. The van der Waals surface area contributed by atoms with E-state index in [9.17, 15) is 0 Å². The molecule has 0 atom stereocenters. The molecule has 0 fully saturated rings. The van der Waals surface area contributed by atoms with Gasteiger partial charge in [-0.25, -0.2) is 0 Å². The summed E-state index contributed by atoms with van der Waals surface area (Å²) in [7, 11) is 0. The van der Waals surface area contributed by atoms with Gasteiger partial charge in [-0.15, -0.1) is 0 Å². The predicted molar refractivity (Wildman–Crippen MR) is 74.5 cm³/mol. The lowest BCUT2D eigenvalue weighted by Crippen LogP contribution is -2.17. The van der Waals surface area contributed by atoms with Crippen molar-refractivity contribution in [1.29, 1.82) is 0 Å². The van der Waals surface area contributed by atoms with E-state index in [4.69, 9.17) is 0 Å². The van der Waals surface area contributed by atoms with E-state index in [-0.39, 0.29) is 0 Å². The fraction of sp³-hybridized carbons (Fsp3) is 0.400. The molecule has 2 aromatic rings. The van der Waals surface area contributed by atoms with E-state index in [1.807, 2.05) is 12.3 Å². The van der Waals surface area contributed by atoms with Gasteiger partial charge >= 0.3 is 0 Å². The van der Waals surface area contributed by atoms with Gasteiger partial charge in [-0.1, -0.05) is 6.07 Å². The van der Waals surface area contributed by atoms with Crippen molar-refractivity contribution < 1.29 is 0 Å². The number of aryl methyl sites for hydroxylation is 2. The third-order valence-corrected chi connectivity index (χ3v) is 3.20. The van der Waals surface area contributed by atoms with Crippen LogP contribution in [0.15, 0.2) is 36.7 Å². The lowest BCUT2D eigenvalue weighted by molar-refractivity contribution is 0.568. The van der Waals surface area contributed by atoms with Crippen molar-refractivity contribution in [2.75, 3.05) is 6.54 Å².